The molecule has 520 valence electrons. The number of aliphatic hydroxyl groups excluding tert-OH is 4. The van der Waals surface area contributed by atoms with Crippen molar-refractivity contribution in [3.63, 3.8) is 0 Å². The number of carbonyl (C=O) groups excluding carboxylic acids is 4. The molecule has 0 aromatic heterocycles. The van der Waals surface area contributed by atoms with Gasteiger partial charge in [0.05, 0.1) is 155 Å². The van der Waals surface area contributed by atoms with E-state index in [0.717, 1.165) is 82.8 Å². The van der Waals surface area contributed by atoms with Crippen molar-refractivity contribution in [2.24, 2.45) is 0 Å². The Morgan fingerprint density at radius 2 is 0.670 bits per heavy atom. The molecular formula is C63H121N3O22. The number of aliphatic hydroxyl groups is 4. The van der Waals surface area contributed by atoms with Gasteiger partial charge in [-0.1, -0.05) is 66.7 Å². The van der Waals surface area contributed by atoms with Crippen molar-refractivity contribution in [2.45, 2.75) is 156 Å². The van der Waals surface area contributed by atoms with Gasteiger partial charge in [0.25, 0.3) is 0 Å². The van der Waals surface area contributed by atoms with Crippen LogP contribution in [0.2, 0.25) is 0 Å². The fourth-order valence-corrected chi connectivity index (χ4v) is 7.20. The fourth-order valence-electron chi connectivity index (χ4n) is 7.20. The van der Waals surface area contributed by atoms with Crippen molar-refractivity contribution in [3.8, 4) is 0 Å². The second-order valence-corrected chi connectivity index (χ2v) is 21.1. The van der Waals surface area contributed by atoms with Gasteiger partial charge >= 0.3 is 23.9 Å². The van der Waals surface area contributed by atoms with Gasteiger partial charge in [-0.15, -0.1) is 0 Å². The largest absolute Gasteiger partial charge is 0.463 e. The Balaban J connectivity index is -0.00000158. The van der Waals surface area contributed by atoms with Crippen molar-refractivity contribution in [1.82, 2.24) is 14.7 Å². The number of hydrogen-bond donors (Lipinski definition) is 4. The van der Waals surface area contributed by atoms with Gasteiger partial charge in [0.1, 0.15) is 26.4 Å². The number of esters is 4. The lowest BCUT2D eigenvalue weighted by Crippen LogP contribution is -2.42. The monoisotopic (exact) mass is 1270 g/mol. The van der Waals surface area contributed by atoms with E-state index in [-0.39, 0.29) is 83.2 Å². The van der Waals surface area contributed by atoms with Crippen LogP contribution in [0.5, 0.6) is 0 Å². The van der Waals surface area contributed by atoms with E-state index in [0.29, 0.717) is 112 Å². The minimum Gasteiger partial charge on any atom is -0.463 e. The van der Waals surface area contributed by atoms with Crippen LogP contribution in [0, 0.1) is 0 Å². The molecule has 0 aliphatic rings. The fraction of sp³-hybridized carbons (Fsp3) is 0.841. The highest BCUT2D eigenvalue weighted by Crippen LogP contribution is 2.07. The highest BCUT2D eigenvalue weighted by atomic mass is 16.6. The van der Waals surface area contributed by atoms with Gasteiger partial charge in [-0.25, -0.2) is 14.4 Å². The summed E-state index contributed by atoms with van der Waals surface area (Å²) in [5.74, 6) is -1.61. The Labute approximate surface area is 528 Å². The van der Waals surface area contributed by atoms with E-state index in [4.69, 9.17) is 56.8 Å². The minimum atomic E-state index is -0.712. The molecule has 0 radical (unpaired) electrons. The molecule has 8 unspecified atom stereocenters. The van der Waals surface area contributed by atoms with E-state index < -0.39 is 42.3 Å². The summed E-state index contributed by atoms with van der Waals surface area (Å²) in [4.78, 5) is 49.2. The van der Waals surface area contributed by atoms with Crippen LogP contribution in [0.4, 0.5) is 0 Å². The number of ether oxygens (including phenoxy) is 14. The van der Waals surface area contributed by atoms with Gasteiger partial charge in [0.15, 0.2) is 0 Å². The van der Waals surface area contributed by atoms with Crippen molar-refractivity contribution in [2.75, 3.05) is 192 Å². The maximum absolute atomic E-state index is 11.0. The molecule has 88 heavy (non-hydrogen) atoms. The zero-order chi connectivity index (χ0) is 66.4. The molecule has 0 fully saturated rings. The molecule has 25 nitrogen and oxygen atoms in total. The van der Waals surface area contributed by atoms with Crippen molar-refractivity contribution < 1.29 is 106 Å². The van der Waals surface area contributed by atoms with E-state index in [9.17, 15) is 39.6 Å². The number of nitrogens with zero attached hydrogens (tertiary/aromatic N) is 3. The van der Waals surface area contributed by atoms with Crippen LogP contribution in [-0.2, 0) is 85.5 Å². The normalized spacial score (nSPS) is 14.1. The smallest absolute Gasteiger partial charge is 0.330 e. The number of carbonyl (C=O) groups is 4. The molecular weight excluding hydrogens is 1150 g/mol. The van der Waals surface area contributed by atoms with E-state index in [2.05, 4.69) is 64.7 Å². The molecule has 0 rings (SSSR count). The third kappa shape index (κ3) is 65.4. The molecule has 25 heteroatoms. The molecule has 0 aliphatic heterocycles. The lowest BCUT2D eigenvalue weighted by Gasteiger charge is -2.28. The van der Waals surface area contributed by atoms with Crippen molar-refractivity contribution in [3.05, 3.63) is 38.0 Å². The number of unbranched alkanes of at least 4 members (excludes halogenated alkanes) is 3. The second kappa shape index (κ2) is 64.9. The third-order valence-electron chi connectivity index (χ3n) is 11.9. The van der Waals surface area contributed by atoms with Crippen LogP contribution < -0.4 is 0 Å². The first-order valence-electron chi connectivity index (χ1n) is 31.5. The van der Waals surface area contributed by atoms with Crippen molar-refractivity contribution >= 4 is 23.9 Å². The average molecular weight is 1270 g/mol. The maximum atomic E-state index is 11.0. The number of likely N-dealkylation sites (N-methyl/N-ethyl adjacent to an activating group) is 2. The summed E-state index contributed by atoms with van der Waals surface area (Å²) in [5.41, 5.74) is 0. The summed E-state index contributed by atoms with van der Waals surface area (Å²) in [6, 6.07) is 0. The van der Waals surface area contributed by atoms with Gasteiger partial charge in [-0.2, -0.15) is 0 Å². The summed E-state index contributed by atoms with van der Waals surface area (Å²) >= 11 is 0. The molecule has 8 atom stereocenters. The van der Waals surface area contributed by atoms with Gasteiger partial charge < -0.3 is 96.5 Å². The van der Waals surface area contributed by atoms with Crippen molar-refractivity contribution in [1.29, 1.82) is 0 Å². The highest BCUT2D eigenvalue weighted by Gasteiger charge is 2.19. The second-order valence-electron chi connectivity index (χ2n) is 21.1. The Morgan fingerprint density at radius 1 is 0.375 bits per heavy atom. The Hall–Kier alpha value is -3.58. The molecule has 4 N–H and O–H groups in total. The molecule has 0 aromatic rings. The first-order valence-corrected chi connectivity index (χ1v) is 31.5. The Morgan fingerprint density at radius 3 is 1.02 bits per heavy atom. The summed E-state index contributed by atoms with van der Waals surface area (Å²) in [5, 5.41) is 41.8. The summed E-state index contributed by atoms with van der Waals surface area (Å²) < 4.78 is 74.3. The van der Waals surface area contributed by atoms with E-state index in [1.165, 1.54) is 0 Å². The van der Waals surface area contributed by atoms with E-state index in [1.807, 2.05) is 48.7 Å². The SMILES string of the molecule is C=CC(=O)OCCOCCOCCOC(=O)C=C.C=CC(=O)OCCOCCOCCOC(=O)CCC.CCCCN(C)CC(O)COCC(C)OCC(C)OCC(O)CN(CCCC)CC(O)COCC(C)OCC(C)OCC(O)CN(C)CCCC. The Kier molecular flexibility index (Phi) is 65.4. The summed E-state index contributed by atoms with van der Waals surface area (Å²) in [6.07, 6.45) is 7.76. The lowest BCUT2D eigenvalue weighted by atomic mass is 10.2. The molecule has 0 saturated heterocycles. The first kappa shape index (κ1) is 88.6. The zero-order valence-electron chi connectivity index (χ0n) is 55.7. The predicted molar refractivity (Wildman–Crippen MR) is 336 cm³/mol. The Bertz CT molecular complexity index is 1610. The van der Waals surface area contributed by atoms with Crippen LogP contribution in [-0.4, -0.2) is 300 Å². The molecule has 0 bridgehead atoms. The lowest BCUT2D eigenvalue weighted by molar-refractivity contribution is -0.145. The van der Waals surface area contributed by atoms with Gasteiger partial charge in [0.2, 0.25) is 0 Å². The van der Waals surface area contributed by atoms with Gasteiger partial charge in [-0.3, -0.25) is 9.69 Å². The summed E-state index contributed by atoms with van der Waals surface area (Å²) in [6.45, 7) is 36.4. The van der Waals surface area contributed by atoms with E-state index >= 15 is 0 Å². The van der Waals surface area contributed by atoms with Gasteiger partial charge in [-0.05, 0) is 87.1 Å². The minimum absolute atomic E-state index is 0.149. The van der Waals surface area contributed by atoms with Crippen LogP contribution in [0.25, 0.3) is 0 Å². The van der Waals surface area contributed by atoms with Gasteiger partial charge in [0, 0.05) is 50.8 Å². The van der Waals surface area contributed by atoms with Crippen LogP contribution >= 0.6 is 0 Å². The number of hydrogen-bond acceptors (Lipinski definition) is 25. The molecule has 0 aromatic carbocycles. The first-order chi connectivity index (χ1) is 42.2. The predicted octanol–water partition coefficient (Wildman–Crippen LogP) is 4.22. The zero-order valence-corrected chi connectivity index (χ0v) is 55.7. The van der Waals surface area contributed by atoms with Crippen LogP contribution in [0.1, 0.15) is 107 Å². The quantitative estimate of drug-likeness (QED) is 0.0287. The highest BCUT2D eigenvalue weighted by molar-refractivity contribution is 5.81. The maximum Gasteiger partial charge on any atom is 0.330 e. The van der Waals surface area contributed by atoms with Crippen LogP contribution in [0.15, 0.2) is 38.0 Å². The van der Waals surface area contributed by atoms with Crippen LogP contribution in [0.3, 0.4) is 0 Å². The summed E-state index contributed by atoms with van der Waals surface area (Å²) in [7, 11) is 4.02. The molecule has 0 saturated carbocycles. The average Bonchev–Trinajstić information content (AvgIpc) is 3.53. The molecule has 0 aliphatic carbocycles. The number of rotatable bonds is 60. The standard InChI is InChI=1S/C38H81N3O10.C13H22O6.C12H18O6/c1-10-13-16-39(8)19-35(42)27-46-23-31(4)49-26-34(7)51-30-38(45)22-41(18-15-12-3)21-37(44)28-47-24-32(5)48-25-33(6)50-29-36(43)20-40(9)17-14-11-2;1-3-5-13(15)19-11-9-17-7-6-16-8-10-18-12(14)4-2;1-3-11(13)17-9-7-15-5-6-16-8-10-18-12(14)4-2/h31-38,42-45H,10-30H2,1-9H3;4H,2-3,5-11H2,1H3;3-4H,1-2,5-10H2. The molecule has 0 amide bonds. The van der Waals surface area contributed by atoms with E-state index in [1.54, 1.807) is 0 Å². The molecule has 0 heterocycles. The topological polar surface area (TPSA) is 288 Å². The molecule has 0 spiro atoms. The third-order valence-corrected chi connectivity index (χ3v) is 11.9.